The van der Waals surface area contributed by atoms with Crippen LogP contribution >= 0.6 is 0 Å². The van der Waals surface area contributed by atoms with E-state index in [4.69, 9.17) is 22.9 Å². The highest BCUT2D eigenvalue weighted by atomic mass is 16.3. The van der Waals surface area contributed by atoms with Crippen molar-refractivity contribution in [2.45, 2.75) is 37.8 Å². The van der Waals surface area contributed by atoms with Crippen molar-refractivity contribution in [2.24, 2.45) is 27.9 Å². The van der Waals surface area contributed by atoms with Gasteiger partial charge in [0.05, 0.1) is 12.6 Å². The first-order valence-corrected chi connectivity index (χ1v) is 12.8. The van der Waals surface area contributed by atoms with Crippen LogP contribution in [0.4, 0.5) is 0 Å². The van der Waals surface area contributed by atoms with Gasteiger partial charge >= 0.3 is 0 Å². The zero-order chi connectivity index (χ0) is 29.5. The van der Waals surface area contributed by atoms with E-state index < -0.39 is 35.7 Å². The number of amides is 4. The van der Waals surface area contributed by atoms with Gasteiger partial charge in [0, 0.05) is 32.5 Å². The molecule has 216 valence electrons. The van der Waals surface area contributed by atoms with Gasteiger partial charge in [0.15, 0.2) is 5.96 Å². The number of guanidine groups is 1. The Morgan fingerprint density at radius 1 is 0.925 bits per heavy atom. The number of phenols is 1. The lowest BCUT2D eigenvalue weighted by Gasteiger charge is -2.26. The highest BCUT2D eigenvalue weighted by Crippen LogP contribution is 2.12. The average molecular weight is 555 g/mol. The molecule has 0 unspecified atom stereocenters. The van der Waals surface area contributed by atoms with E-state index in [1.807, 2.05) is 30.3 Å². The molecule has 0 saturated carbocycles. The van der Waals surface area contributed by atoms with Crippen LogP contribution in [0.15, 0.2) is 59.6 Å². The van der Waals surface area contributed by atoms with Crippen molar-refractivity contribution in [1.29, 1.82) is 0 Å². The Kier molecular flexibility index (Phi) is 12.9. The molecule has 0 spiro atoms. The van der Waals surface area contributed by atoms with Gasteiger partial charge in [0.25, 0.3) is 0 Å². The van der Waals surface area contributed by atoms with E-state index in [1.54, 1.807) is 12.1 Å². The van der Waals surface area contributed by atoms with Crippen LogP contribution in [0.25, 0.3) is 0 Å². The van der Waals surface area contributed by atoms with Gasteiger partial charge in [-0.15, -0.1) is 0 Å². The molecule has 0 aromatic heterocycles. The number of benzene rings is 2. The highest BCUT2D eigenvalue weighted by molar-refractivity contribution is 5.91. The van der Waals surface area contributed by atoms with Gasteiger partial charge in [-0.1, -0.05) is 42.5 Å². The molecule has 40 heavy (non-hydrogen) atoms. The molecule has 0 aliphatic heterocycles. The Hall–Kier alpha value is -4.65. The molecule has 2 rings (SSSR count). The molecule has 13 heteroatoms. The number of carbonyl (C=O) groups is 4. The van der Waals surface area contributed by atoms with E-state index in [-0.39, 0.29) is 57.2 Å². The molecule has 11 N–H and O–H groups in total. The predicted molar refractivity (Wildman–Crippen MR) is 151 cm³/mol. The van der Waals surface area contributed by atoms with Crippen LogP contribution in [0.2, 0.25) is 0 Å². The van der Waals surface area contributed by atoms with Crippen LogP contribution < -0.4 is 33.6 Å². The molecular formula is C27H38N8O5. The van der Waals surface area contributed by atoms with Gasteiger partial charge in [0.1, 0.15) is 11.8 Å². The Bertz CT molecular complexity index is 1150. The summed E-state index contributed by atoms with van der Waals surface area (Å²) in [5, 5.41) is 14.8. The molecule has 0 aliphatic carbocycles. The van der Waals surface area contributed by atoms with Crippen LogP contribution in [0.3, 0.4) is 0 Å². The third kappa shape index (κ3) is 11.8. The molecule has 0 radical (unpaired) electrons. The smallest absolute Gasteiger partial charge is 0.242 e. The Morgan fingerprint density at radius 3 is 2.20 bits per heavy atom. The van der Waals surface area contributed by atoms with Crippen LogP contribution in [0, 0.1) is 0 Å². The van der Waals surface area contributed by atoms with Crippen molar-refractivity contribution in [3.8, 4) is 5.75 Å². The summed E-state index contributed by atoms with van der Waals surface area (Å²) in [4.78, 5) is 55.5. The van der Waals surface area contributed by atoms with E-state index in [1.165, 1.54) is 17.0 Å². The molecule has 2 aromatic carbocycles. The van der Waals surface area contributed by atoms with E-state index in [9.17, 15) is 24.3 Å². The third-order valence-electron chi connectivity index (χ3n) is 5.84. The van der Waals surface area contributed by atoms with Gasteiger partial charge < -0.3 is 43.6 Å². The minimum Gasteiger partial charge on any atom is -0.508 e. The van der Waals surface area contributed by atoms with Crippen LogP contribution in [-0.4, -0.2) is 77.9 Å². The number of nitrogens with zero attached hydrogens (tertiary/aromatic N) is 2. The quantitative estimate of drug-likeness (QED) is 0.0729. The Balaban J connectivity index is 2.13. The molecule has 0 heterocycles. The number of carbonyl (C=O) groups excluding carboxylic acids is 4. The third-order valence-corrected chi connectivity index (χ3v) is 5.84. The molecule has 0 aliphatic rings. The van der Waals surface area contributed by atoms with Gasteiger partial charge in [-0.3, -0.25) is 24.2 Å². The molecule has 0 fully saturated rings. The second kappa shape index (κ2) is 16.3. The summed E-state index contributed by atoms with van der Waals surface area (Å²) >= 11 is 0. The Labute approximate surface area is 233 Å². The molecule has 4 amide bonds. The fraction of sp³-hybridized carbons (Fsp3) is 0.370. The van der Waals surface area contributed by atoms with Gasteiger partial charge in [-0.2, -0.15) is 0 Å². The van der Waals surface area contributed by atoms with E-state index in [0.717, 1.165) is 11.1 Å². The van der Waals surface area contributed by atoms with Crippen LogP contribution in [-0.2, 0) is 32.0 Å². The standard InChI is InChI=1S/C27H38N8O5/c28-21(15-19-7-9-20(36)10-8-19)26(40)35(14-4-12-33-27(30)31)17-24(38)34-22(16-18-5-2-1-3-6-18)25(39)32-13-11-23(29)37/h1-3,5-10,21-22,36H,4,11-17,28H2,(H2,29,37)(H,32,39)(H,34,38)(H4,30,31,33)/t21-,22-/m0/s1. The molecule has 0 bridgehead atoms. The topological polar surface area (TPSA) is 232 Å². The summed E-state index contributed by atoms with van der Waals surface area (Å²) in [6.45, 7) is 0.0426. The summed E-state index contributed by atoms with van der Waals surface area (Å²) in [5.41, 5.74) is 23.6. The maximum Gasteiger partial charge on any atom is 0.242 e. The first-order valence-electron chi connectivity index (χ1n) is 12.8. The van der Waals surface area contributed by atoms with Gasteiger partial charge in [-0.25, -0.2) is 0 Å². The number of primary amides is 1. The number of nitrogens with two attached hydrogens (primary N) is 4. The molecule has 13 nitrogen and oxygen atoms in total. The lowest BCUT2D eigenvalue weighted by atomic mass is 10.0. The molecule has 2 aromatic rings. The molecule has 2 atom stereocenters. The van der Waals surface area contributed by atoms with Crippen molar-refractivity contribution in [3.05, 3.63) is 65.7 Å². The monoisotopic (exact) mass is 554 g/mol. The lowest BCUT2D eigenvalue weighted by molar-refractivity contribution is -0.138. The van der Waals surface area contributed by atoms with Crippen molar-refractivity contribution in [2.75, 3.05) is 26.2 Å². The fourth-order valence-electron chi connectivity index (χ4n) is 3.85. The Morgan fingerprint density at radius 2 is 1.57 bits per heavy atom. The number of hydrogen-bond donors (Lipinski definition) is 7. The highest BCUT2D eigenvalue weighted by Gasteiger charge is 2.26. The summed E-state index contributed by atoms with van der Waals surface area (Å²) in [6.07, 6.45) is 0.691. The van der Waals surface area contributed by atoms with Gasteiger partial charge in [0.2, 0.25) is 23.6 Å². The summed E-state index contributed by atoms with van der Waals surface area (Å²) in [5.74, 6) is -2.11. The predicted octanol–water partition coefficient (Wildman–Crippen LogP) is -1.53. The van der Waals surface area contributed by atoms with Crippen molar-refractivity contribution < 1.29 is 24.3 Å². The lowest BCUT2D eigenvalue weighted by Crippen LogP contribution is -2.53. The van der Waals surface area contributed by atoms with Gasteiger partial charge in [-0.05, 0) is 36.1 Å². The number of hydrogen-bond acceptors (Lipinski definition) is 7. The average Bonchev–Trinajstić information content (AvgIpc) is 2.91. The normalized spacial score (nSPS) is 12.0. The number of aliphatic imine (C=N–C) groups is 1. The van der Waals surface area contributed by atoms with E-state index in [0.29, 0.717) is 6.42 Å². The summed E-state index contributed by atoms with van der Waals surface area (Å²) in [7, 11) is 0. The first-order chi connectivity index (χ1) is 19.0. The first kappa shape index (κ1) is 31.6. The maximum absolute atomic E-state index is 13.3. The number of rotatable bonds is 16. The maximum atomic E-state index is 13.3. The number of phenolic OH excluding ortho intramolecular Hbond substituents is 1. The van der Waals surface area contributed by atoms with Crippen LogP contribution in [0.1, 0.15) is 24.0 Å². The number of aromatic hydroxyl groups is 1. The largest absolute Gasteiger partial charge is 0.508 e. The van der Waals surface area contributed by atoms with E-state index in [2.05, 4.69) is 15.6 Å². The van der Waals surface area contributed by atoms with E-state index >= 15 is 0 Å². The zero-order valence-electron chi connectivity index (χ0n) is 22.3. The fourth-order valence-corrected chi connectivity index (χ4v) is 3.85. The minimum absolute atomic E-state index is 0.0246. The summed E-state index contributed by atoms with van der Waals surface area (Å²) in [6, 6.07) is 13.5. The van der Waals surface area contributed by atoms with Crippen LogP contribution in [0.5, 0.6) is 5.75 Å². The molecular weight excluding hydrogens is 516 g/mol. The number of nitrogens with one attached hydrogen (secondary N) is 2. The second-order valence-electron chi connectivity index (χ2n) is 9.21. The second-order valence-corrected chi connectivity index (χ2v) is 9.21. The summed E-state index contributed by atoms with van der Waals surface area (Å²) < 4.78 is 0. The molecule has 0 saturated heterocycles. The van der Waals surface area contributed by atoms with Crippen molar-refractivity contribution >= 4 is 29.6 Å². The minimum atomic E-state index is -0.966. The zero-order valence-corrected chi connectivity index (χ0v) is 22.3. The van der Waals surface area contributed by atoms with Crippen molar-refractivity contribution in [1.82, 2.24) is 15.5 Å². The SMILES string of the molecule is NC(=O)CCNC(=O)[C@H](Cc1ccccc1)NC(=O)CN(CCCN=C(N)N)C(=O)[C@@H](N)Cc1ccc(O)cc1. The van der Waals surface area contributed by atoms with Crippen molar-refractivity contribution in [3.63, 3.8) is 0 Å².